The predicted octanol–water partition coefficient (Wildman–Crippen LogP) is 3.81. The molecule has 3 aromatic rings. The lowest BCUT2D eigenvalue weighted by Crippen LogP contribution is -2.21. The van der Waals surface area contributed by atoms with Crippen LogP contribution in [0.2, 0.25) is 5.02 Å². The summed E-state index contributed by atoms with van der Waals surface area (Å²) in [6, 6.07) is 5.28. The van der Waals surface area contributed by atoms with E-state index in [1.807, 2.05) is 0 Å². The van der Waals surface area contributed by atoms with Crippen LogP contribution >= 0.6 is 11.6 Å². The van der Waals surface area contributed by atoms with Gasteiger partial charge < -0.3 is 5.32 Å². The van der Waals surface area contributed by atoms with Crippen LogP contribution in [-0.2, 0) is 17.9 Å². The number of rotatable bonds is 6. The monoisotopic (exact) mass is 397 g/mol. The molecule has 27 heavy (non-hydrogen) atoms. The van der Waals surface area contributed by atoms with Crippen LogP contribution in [0.25, 0.3) is 0 Å². The third-order valence-corrected chi connectivity index (χ3v) is 4.07. The van der Waals surface area contributed by atoms with Gasteiger partial charge in [0.2, 0.25) is 5.91 Å². The number of aryl methyl sites for hydroxylation is 1. The molecule has 0 unspecified atom stereocenters. The molecule has 0 spiro atoms. The number of amides is 1. The molecule has 142 valence electrons. The summed E-state index contributed by atoms with van der Waals surface area (Å²) < 4.78 is 41.5. The predicted molar refractivity (Wildman–Crippen MR) is 93.3 cm³/mol. The van der Waals surface area contributed by atoms with Crippen molar-refractivity contribution in [2.75, 3.05) is 5.32 Å². The molecule has 2 heterocycles. The molecule has 1 amide bonds. The summed E-state index contributed by atoms with van der Waals surface area (Å²) in [7, 11) is 0. The van der Waals surface area contributed by atoms with Crippen LogP contribution in [0.1, 0.15) is 23.4 Å². The van der Waals surface area contributed by atoms with Gasteiger partial charge in [0, 0.05) is 11.2 Å². The van der Waals surface area contributed by atoms with Gasteiger partial charge in [0.1, 0.15) is 18.1 Å². The Morgan fingerprint density at radius 3 is 2.81 bits per heavy atom. The van der Waals surface area contributed by atoms with Gasteiger partial charge in [-0.3, -0.25) is 14.2 Å². The summed E-state index contributed by atoms with van der Waals surface area (Å²) >= 11 is 5.98. The summed E-state index contributed by atoms with van der Waals surface area (Å²) in [5.74, 6) is -0.950. The third kappa shape index (κ3) is 4.68. The van der Waals surface area contributed by atoms with Crippen molar-refractivity contribution < 1.29 is 18.0 Å². The molecule has 0 saturated heterocycles. The maximum atomic E-state index is 13.1. The third-order valence-electron chi connectivity index (χ3n) is 3.71. The average molecular weight is 398 g/mol. The Morgan fingerprint density at radius 2 is 2.11 bits per heavy atom. The Balaban J connectivity index is 1.64. The number of hydrogen-bond acceptors (Lipinski definition) is 3. The van der Waals surface area contributed by atoms with E-state index in [-0.39, 0.29) is 23.8 Å². The average Bonchev–Trinajstić information content (AvgIpc) is 3.16. The van der Waals surface area contributed by atoms with Crippen molar-refractivity contribution in [1.29, 1.82) is 0 Å². The number of alkyl halides is 2. The van der Waals surface area contributed by atoms with Crippen molar-refractivity contribution in [2.45, 2.75) is 26.4 Å². The lowest BCUT2D eigenvalue weighted by atomic mass is 10.2. The van der Waals surface area contributed by atoms with Gasteiger partial charge in [-0.05, 0) is 30.7 Å². The second-order valence-corrected chi connectivity index (χ2v) is 6.29. The number of anilines is 1. The van der Waals surface area contributed by atoms with Crippen molar-refractivity contribution in [2.24, 2.45) is 0 Å². The number of carbonyl (C=O) groups excluding carboxylic acids is 1. The first-order valence-electron chi connectivity index (χ1n) is 7.90. The van der Waals surface area contributed by atoms with E-state index in [0.717, 1.165) is 4.68 Å². The van der Waals surface area contributed by atoms with Gasteiger partial charge in [0.05, 0.1) is 24.1 Å². The Kier molecular flexibility index (Phi) is 5.50. The quantitative estimate of drug-likeness (QED) is 0.688. The summed E-state index contributed by atoms with van der Waals surface area (Å²) in [6.07, 6.45) is 0.250. The van der Waals surface area contributed by atoms with Gasteiger partial charge in [0.15, 0.2) is 0 Å². The highest BCUT2D eigenvalue weighted by Gasteiger charge is 2.17. The smallest absolute Gasteiger partial charge is 0.280 e. The van der Waals surface area contributed by atoms with Gasteiger partial charge in [-0.15, -0.1) is 0 Å². The van der Waals surface area contributed by atoms with E-state index in [9.17, 15) is 18.0 Å². The zero-order chi connectivity index (χ0) is 19.6. The molecule has 10 heteroatoms. The van der Waals surface area contributed by atoms with Crippen LogP contribution in [0.3, 0.4) is 0 Å². The molecule has 0 aliphatic rings. The van der Waals surface area contributed by atoms with Gasteiger partial charge in [0.25, 0.3) is 6.43 Å². The molecule has 6 nitrogen and oxygen atoms in total. The van der Waals surface area contributed by atoms with Crippen LogP contribution in [0.5, 0.6) is 0 Å². The fraction of sp³-hybridized carbons (Fsp3) is 0.235. The van der Waals surface area contributed by atoms with Crippen LogP contribution in [-0.4, -0.2) is 25.5 Å². The van der Waals surface area contributed by atoms with E-state index < -0.39 is 18.1 Å². The van der Waals surface area contributed by atoms with Crippen molar-refractivity contribution in [3.8, 4) is 0 Å². The molecule has 0 bridgehead atoms. The molecule has 0 radical (unpaired) electrons. The Morgan fingerprint density at radius 1 is 1.33 bits per heavy atom. The minimum Gasteiger partial charge on any atom is -0.322 e. The summed E-state index contributed by atoms with van der Waals surface area (Å²) in [4.78, 5) is 12.1. The first kappa shape index (κ1) is 19.0. The highest BCUT2D eigenvalue weighted by atomic mass is 35.5. The van der Waals surface area contributed by atoms with E-state index in [2.05, 4.69) is 15.5 Å². The number of hydrogen-bond donors (Lipinski definition) is 1. The van der Waals surface area contributed by atoms with Crippen LogP contribution in [0, 0.1) is 12.7 Å². The van der Waals surface area contributed by atoms with E-state index >= 15 is 0 Å². The number of aromatic nitrogens is 4. The molecule has 1 N–H and O–H groups in total. The highest BCUT2D eigenvalue weighted by Crippen LogP contribution is 2.20. The summed E-state index contributed by atoms with van der Waals surface area (Å²) in [5.41, 5.74) is 1.14. The van der Waals surface area contributed by atoms with Crippen molar-refractivity contribution in [3.05, 3.63) is 64.5 Å². The fourth-order valence-electron chi connectivity index (χ4n) is 2.54. The van der Waals surface area contributed by atoms with E-state index in [1.165, 1.54) is 29.1 Å². The molecule has 0 aliphatic carbocycles. The number of nitrogens with zero attached hydrogens (tertiary/aromatic N) is 4. The molecule has 0 aliphatic heterocycles. The summed E-state index contributed by atoms with van der Waals surface area (Å²) in [5, 5.41) is 10.8. The second-order valence-electron chi connectivity index (χ2n) is 5.88. The normalized spacial score (nSPS) is 11.2. The van der Waals surface area contributed by atoms with Gasteiger partial charge >= 0.3 is 0 Å². The number of carbonyl (C=O) groups is 1. The lowest BCUT2D eigenvalue weighted by molar-refractivity contribution is -0.117. The van der Waals surface area contributed by atoms with E-state index in [1.54, 1.807) is 19.2 Å². The van der Waals surface area contributed by atoms with Crippen LogP contribution in [0.4, 0.5) is 18.9 Å². The number of nitrogens with one attached hydrogen (secondary N) is 1. The molecular formula is C17H15ClF3N5O. The fourth-order valence-corrected chi connectivity index (χ4v) is 2.77. The lowest BCUT2D eigenvalue weighted by Gasteiger charge is -2.07. The molecular weight excluding hydrogens is 383 g/mol. The molecule has 0 atom stereocenters. The minimum absolute atomic E-state index is 0.268. The first-order chi connectivity index (χ1) is 12.8. The number of halogens is 4. The Hall–Kier alpha value is -2.81. The van der Waals surface area contributed by atoms with Crippen molar-refractivity contribution in [1.82, 2.24) is 19.6 Å². The molecule has 1 aromatic carbocycles. The number of benzene rings is 1. The first-order valence-corrected chi connectivity index (χ1v) is 8.28. The largest absolute Gasteiger partial charge is 0.322 e. The molecule has 3 rings (SSSR count). The summed E-state index contributed by atoms with van der Waals surface area (Å²) in [6.45, 7) is 1.51. The van der Waals surface area contributed by atoms with E-state index in [0.29, 0.717) is 16.9 Å². The van der Waals surface area contributed by atoms with Crippen molar-refractivity contribution in [3.63, 3.8) is 0 Å². The molecule has 0 fully saturated rings. The minimum atomic E-state index is -2.72. The van der Waals surface area contributed by atoms with Crippen molar-refractivity contribution >= 4 is 23.2 Å². The standard InChI is InChI=1S/C17H15ClF3N5O/c1-10-4-15(17(20)21)26(24-10)9-16(27)23-13-6-22-25(8-13)7-11-2-3-12(19)5-14(11)18/h2-6,8,17H,7,9H2,1H3,(H,23,27). The second kappa shape index (κ2) is 7.83. The van der Waals surface area contributed by atoms with Gasteiger partial charge in [-0.2, -0.15) is 10.2 Å². The SMILES string of the molecule is Cc1cc(C(F)F)n(CC(=O)Nc2cnn(Cc3ccc(F)cc3Cl)c2)n1. The molecule has 0 saturated carbocycles. The zero-order valence-electron chi connectivity index (χ0n) is 14.2. The highest BCUT2D eigenvalue weighted by molar-refractivity contribution is 6.31. The maximum absolute atomic E-state index is 13.1. The van der Waals surface area contributed by atoms with E-state index in [4.69, 9.17) is 11.6 Å². The zero-order valence-corrected chi connectivity index (χ0v) is 14.9. The topological polar surface area (TPSA) is 64.7 Å². The Labute approximate surface area is 157 Å². The Bertz CT molecular complexity index is 969. The molecule has 2 aromatic heterocycles. The van der Waals surface area contributed by atoms with Gasteiger partial charge in [-0.1, -0.05) is 17.7 Å². The van der Waals surface area contributed by atoms with Crippen LogP contribution < -0.4 is 5.32 Å². The van der Waals surface area contributed by atoms with Gasteiger partial charge in [-0.25, -0.2) is 13.2 Å². The maximum Gasteiger partial charge on any atom is 0.280 e. The van der Waals surface area contributed by atoms with Crippen LogP contribution in [0.15, 0.2) is 36.7 Å².